The van der Waals surface area contributed by atoms with Crippen molar-refractivity contribution in [3.8, 4) is 5.75 Å². The lowest BCUT2D eigenvalue weighted by Gasteiger charge is -2.18. The number of halogens is 3. The Balaban J connectivity index is 2.03. The Morgan fingerprint density at radius 2 is 2.20 bits per heavy atom. The van der Waals surface area contributed by atoms with Gasteiger partial charge in [0.15, 0.2) is 5.96 Å². The van der Waals surface area contributed by atoms with Gasteiger partial charge in [-0.1, -0.05) is 18.0 Å². The first kappa shape index (κ1) is 19.7. The molecule has 25 heavy (non-hydrogen) atoms. The van der Waals surface area contributed by atoms with E-state index in [9.17, 15) is 13.9 Å². The summed E-state index contributed by atoms with van der Waals surface area (Å²) in [7, 11) is 0. The Morgan fingerprint density at radius 3 is 2.84 bits per heavy atom. The molecule has 0 saturated heterocycles. The maximum atomic E-state index is 12.5. The number of benzene rings is 1. The van der Waals surface area contributed by atoms with Crippen LogP contribution in [0.25, 0.3) is 0 Å². The molecule has 0 aliphatic heterocycles. The molecule has 1 saturated carbocycles. The number of hydrogen-bond acceptors (Lipinski definition) is 3. The van der Waals surface area contributed by atoms with Crippen LogP contribution in [0.4, 0.5) is 8.78 Å². The van der Waals surface area contributed by atoms with Crippen LogP contribution >= 0.6 is 11.6 Å². The van der Waals surface area contributed by atoms with E-state index >= 15 is 0 Å². The highest BCUT2D eigenvalue weighted by atomic mass is 35.5. The zero-order valence-corrected chi connectivity index (χ0v) is 14.9. The highest BCUT2D eigenvalue weighted by Gasteiger charge is 2.25. The second-order valence-electron chi connectivity index (χ2n) is 5.96. The molecule has 3 N–H and O–H groups in total. The number of ether oxygens (including phenoxy) is 1. The highest BCUT2D eigenvalue weighted by Crippen LogP contribution is 2.26. The van der Waals surface area contributed by atoms with Crippen LogP contribution in [0.15, 0.2) is 23.2 Å². The van der Waals surface area contributed by atoms with Crippen molar-refractivity contribution in [1.82, 2.24) is 10.6 Å². The zero-order valence-electron chi connectivity index (χ0n) is 14.1. The van der Waals surface area contributed by atoms with Gasteiger partial charge in [0.1, 0.15) is 5.75 Å². The third-order valence-corrected chi connectivity index (χ3v) is 4.38. The van der Waals surface area contributed by atoms with Gasteiger partial charge in [0.2, 0.25) is 0 Å². The van der Waals surface area contributed by atoms with Gasteiger partial charge in [-0.25, -0.2) is 4.99 Å². The van der Waals surface area contributed by atoms with E-state index in [-0.39, 0.29) is 24.3 Å². The highest BCUT2D eigenvalue weighted by molar-refractivity contribution is 6.30. The van der Waals surface area contributed by atoms with Crippen molar-refractivity contribution in [2.24, 2.45) is 10.9 Å². The fourth-order valence-electron chi connectivity index (χ4n) is 2.87. The molecule has 0 heterocycles. The van der Waals surface area contributed by atoms with Crippen LogP contribution < -0.4 is 15.4 Å². The summed E-state index contributed by atoms with van der Waals surface area (Å²) in [4.78, 5) is 4.41. The van der Waals surface area contributed by atoms with Crippen LogP contribution in [0.1, 0.15) is 31.7 Å². The van der Waals surface area contributed by atoms with Crippen molar-refractivity contribution in [3.05, 3.63) is 28.8 Å². The predicted octanol–water partition coefficient (Wildman–Crippen LogP) is 3.16. The van der Waals surface area contributed by atoms with E-state index in [1.807, 2.05) is 6.92 Å². The Bertz CT molecular complexity index is 587. The molecule has 0 bridgehead atoms. The molecule has 1 aliphatic rings. The molecular formula is C17H24ClF2N3O2. The third kappa shape index (κ3) is 6.32. The van der Waals surface area contributed by atoms with Gasteiger partial charge in [-0.2, -0.15) is 8.78 Å². The van der Waals surface area contributed by atoms with Crippen molar-refractivity contribution in [2.45, 2.75) is 45.4 Å². The van der Waals surface area contributed by atoms with E-state index in [0.717, 1.165) is 19.3 Å². The lowest BCUT2D eigenvalue weighted by molar-refractivity contribution is -0.0504. The summed E-state index contributed by atoms with van der Waals surface area (Å²) in [5, 5.41) is 16.6. The fourth-order valence-corrected chi connectivity index (χ4v) is 3.07. The summed E-state index contributed by atoms with van der Waals surface area (Å²) < 4.78 is 29.5. The summed E-state index contributed by atoms with van der Waals surface area (Å²) in [6.07, 6.45) is 2.55. The van der Waals surface area contributed by atoms with Crippen molar-refractivity contribution >= 4 is 17.6 Å². The molecule has 1 aromatic carbocycles. The summed E-state index contributed by atoms with van der Waals surface area (Å²) in [5.74, 6) is 0.822. The number of nitrogens with one attached hydrogen (secondary N) is 2. The summed E-state index contributed by atoms with van der Waals surface area (Å²) in [6, 6.07) is 4.47. The summed E-state index contributed by atoms with van der Waals surface area (Å²) >= 11 is 5.94. The molecule has 0 spiro atoms. The Morgan fingerprint density at radius 1 is 1.40 bits per heavy atom. The molecule has 1 aromatic rings. The normalized spacial score (nSPS) is 20.8. The van der Waals surface area contributed by atoms with Crippen molar-refractivity contribution in [3.63, 3.8) is 0 Å². The van der Waals surface area contributed by atoms with Gasteiger partial charge in [0.25, 0.3) is 0 Å². The lowest BCUT2D eigenvalue weighted by Crippen LogP contribution is -2.41. The number of nitrogens with zero attached hydrogens (tertiary/aromatic N) is 1. The van der Waals surface area contributed by atoms with Crippen molar-refractivity contribution < 1.29 is 18.6 Å². The maximum Gasteiger partial charge on any atom is 0.387 e. The van der Waals surface area contributed by atoms with Crippen LogP contribution in [-0.4, -0.2) is 36.9 Å². The first-order chi connectivity index (χ1) is 12.0. The third-order valence-electron chi connectivity index (χ3n) is 4.14. The second kappa shape index (κ2) is 9.77. The van der Waals surface area contributed by atoms with Gasteiger partial charge in [-0.15, -0.1) is 0 Å². The van der Waals surface area contributed by atoms with E-state index in [0.29, 0.717) is 29.6 Å². The quantitative estimate of drug-likeness (QED) is 0.506. The Hall–Kier alpha value is -1.60. The molecule has 2 atom stereocenters. The molecular weight excluding hydrogens is 352 g/mol. The molecule has 8 heteroatoms. The molecule has 2 rings (SSSR count). The van der Waals surface area contributed by atoms with Crippen LogP contribution in [0.2, 0.25) is 5.02 Å². The van der Waals surface area contributed by atoms with Gasteiger partial charge < -0.3 is 20.5 Å². The molecule has 5 nitrogen and oxygen atoms in total. The average Bonchev–Trinajstić information content (AvgIpc) is 2.97. The lowest BCUT2D eigenvalue weighted by atomic mass is 10.1. The van der Waals surface area contributed by atoms with E-state index < -0.39 is 6.61 Å². The van der Waals surface area contributed by atoms with Crippen molar-refractivity contribution in [2.75, 3.05) is 13.1 Å². The zero-order chi connectivity index (χ0) is 18.2. The minimum absolute atomic E-state index is 0.0604. The van der Waals surface area contributed by atoms with Gasteiger partial charge >= 0.3 is 6.61 Å². The topological polar surface area (TPSA) is 65.9 Å². The number of guanidine groups is 1. The van der Waals surface area contributed by atoms with Crippen LogP contribution in [-0.2, 0) is 6.54 Å². The average molecular weight is 376 g/mol. The van der Waals surface area contributed by atoms with Crippen LogP contribution in [0.5, 0.6) is 5.75 Å². The smallest absolute Gasteiger partial charge is 0.387 e. The standard InChI is InChI=1S/C17H24ClF2N3O2/c1-2-21-17(22-9-11-4-3-5-14(11)24)23-10-12-8-13(18)6-7-15(12)25-16(19)20/h6-8,11,14,16,24H,2-5,9-10H2,1H3,(H2,21,22,23). The number of aliphatic imine (C=N–C) groups is 1. The van der Waals surface area contributed by atoms with Gasteiger partial charge in [0.05, 0.1) is 12.6 Å². The molecule has 0 aromatic heterocycles. The monoisotopic (exact) mass is 375 g/mol. The Labute approximate surface area is 151 Å². The van der Waals surface area contributed by atoms with E-state index in [2.05, 4.69) is 20.4 Å². The number of alkyl halides is 2. The van der Waals surface area contributed by atoms with Gasteiger partial charge in [-0.3, -0.25) is 0 Å². The number of hydrogen-bond donors (Lipinski definition) is 3. The minimum Gasteiger partial charge on any atom is -0.434 e. The van der Waals surface area contributed by atoms with Gasteiger partial charge in [0, 0.05) is 29.6 Å². The van der Waals surface area contributed by atoms with Crippen LogP contribution in [0.3, 0.4) is 0 Å². The first-order valence-electron chi connectivity index (χ1n) is 8.43. The molecule has 0 amide bonds. The van der Waals surface area contributed by atoms with E-state index in [1.165, 1.54) is 12.1 Å². The molecule has 2 unspecified atom stereocenters. The van der Waals surface area contributed by atoms with E-state index in [4.69, 9.17) is 11.6 Å². The van der Waals surface area contributed by atoms with E-state index in [1.54, 1.807) is 6.07 Å². The maximum absolute atomic E-state index is 12.5. The molecule has 140 valence electrons. The van der Waals surface area contributed by atoms with Crippen LogP contribution in [0, 0.1) is 5.92 Å². The van der Waals surface area contributed by atoms with Gasteiger partial charge in [-0.05, 0) is 38.0 Å². The predicted molar refractivity (Wildman–Crippen MR) is 94.3 cm³/mol. The molecule has 0 radical (unpaired) electrons. The minimum atomic E-state index is -2.90. The summed E-state index contributed by atoms with van der Waals surface area (Å²) in [5.41, 5.74) is 0.478. The second-order valence-corrected chi connectivity index (χ2v) is 6.40. The number of aliphatic hydroxyl groups excluding tert-OH is 1. The number of aliphatic hydroxyl groups is 1. The Kier molecular flexibility index (Phi) is 7.71. The fraction of sp³-hybridized carbons (Fsp3) is 0.588. The molecule has 1 fully saturated rings. The number of rotatable bonds is 7. The SMILES string of the molecule is CCNC(=NCc1cc(Cl)ccc1OC(F)F)NCC1CCCC1O. The molecule has 1 aliphatic carbocycles. The summed E-state index contributed by atoms with van der Waals surface area (Å²) in [6.45, 7) is 0.453. The van der Waals surface area contributed by atoms with Crippen molar-refractivity contribution in [1.29, 1.82) is 0 Å². The largest absolute Gasteiger partial charge is 0.434 e. The first-order valence-corrected chi connectivity index (χ1v) is 8.81.